The van der Waals surface area contributed by atoms with Gasteiger partial charge in [-0.05, 0) is 17.9 Å². The zero-order valence-corrected chi connectivity index (χ0v) is 11.4. The van der Waals surface area contributed by atoms with Crippen LogP contribution in [0.2, 0.25) is 0 Å². The third-order valence-electron chi connectivity index (χ3n) is 3.04. The van der Waals surface area contributed by atoms with Gasteiger partial charge < -0.3 is 5.11 Å². The minimum Gasteiger partial charge on any atom is -0.478 e. The second-order valence-corrected chi connectivity index (χ2v) is 5.13. The normalized spacial score (nSPS) is 10.9. The molecule has 1 aromatic carbocycles. The van der Waals surface area contributed by atoms with Crippen LogP contribution in [0.5, 0.6) is 0 Å². The summed E-state index contributed by atoms with van der Waals surface area (Å²) in [6.45, 7) is 4.36. The Bertz CT molecular complexity index is 583. The third-order valence-corrected chi connectivity index (χ3v) is 3.04. The van der Waals surface area contributed by atoms with E-state index >= 15 is 0 Å². The fourth-order valence-corrected chi connectivity index (χ4v) is 2.21. The van der Waals surface area contributed by atoms with E-state index in [0.29, 0.717) is 11.6 Å². The summed E-state index contributed by atoms with van der Waals surface area (Å²) < 4.78 is 1.60. The van der Waals surface area contributed by atoms with Gasteiger partial charge in [0.15, 0.2) is 0 Å². The molecule has 2 rings (SSSR count). The highest BCUT2D eigenvalue weighted by molar-refractivity contribution is 5.94. The number of aromatic carboxylic acids is 1. The Balaban J connectivity index is 2.37. The first-order valence-corrected chi connectivity index (χ1v) is 6.33. The van der Waals surface area contributed by atoms with Gasteiger partial charge in [-0.1, -0.05) is 38.1 Å². The molecule has 0 radical (unpaired) electrons. The van der Waals surface area contributed by atoms with Crippen LogP contribution in [0, 0.1) is 5.92 Å². The first kappa shape index (κ1) is 13.3. The topological polar surface area (TPSA) is 55.1 Å². The molecule has 4 heteroatoms. The van der Waals surface area contributed by atoms with Crippen molar-refractivity contribution in [2.45, 2.75) is 20.3 Å². The molecule has 0 aliphatic carbocycles. The maximum atomic E-state index is 11.2. The molecule has 1 aromatic heterocycles. The van der Waals surface area contributed by atoms with Gasteiger partial charge in [-0.3, -0.25) is 4.68 Å². The maximum Gasteiger partial charge on any atom is 0.339 e. The van der Waals surface area contributed by atoms with E-state index in [0.717, 1.165) is 12.0 Å². The van der Waals surface area contributed by atoms with Gasteiger partial charge in [0.2, 0.25) is 0 Å². The summed E-state index contributed by atoms with van der Waals surface area (Å²) in [6, 6.07) is 8.02. The third kappa shape index (κ3) is 2.84. The van der Waals surface area contributed by atoms with E-state index in [1.807, 2.05) is 24.3 Å². The van der Waals surface area contributed by atoms with Crippen LogP contribution in [-0.2, 0) is 13.5 Å². The van der Waals surface area contributed by atoms with E-state index in [9.17, 15) is 4.79 Å². The van der Waals surface area contributed by atoms with E-state index < -0.39 is 5.97 Å². The monoisotopic (exact) mass is 258 g/mol. The molecule has 4 nitrogen and oxygen atoms in total. The summed E-state index contributed by atoms with van der Waals surface area (Å²) in [5.74, 6) is -0.341. The average molecular weight is 258 g/mol. The highest BCUT2D eigenvalue weighted by atomic mass is 16.4. The van der Waals surface area contributed by atoms with Crippen LogP contribution in [0.4, 0.5) is 0 Å². The molecule has 0 amide bonds. The van der Waals surface area contributed by atoms with Crippen LogP contribution in [0.1, 0.15) is 29.8 Å². The Hall–Kier alpha value is -2.10. The molecule has 100 valence electrons. The Morgan fingerprint density at radius 1 is 1.32 bits per heavy atom. The molecule has 1 N–H and O–H groups in total. The Morgan fingerprint density at radius 2 is 1.95 bits per heavy atom. The molecule has 0 aliphatic rings. The first-order valence-electron chi connectivity index (χ1n) is 6.33. The number of rotatable bonds is 4. The minimum atomic E-state index is -0.950. The lowest BCUT2D eigenvalue weighted by atomic mass is 10.00. The molecule has 19 heavy (non-hydrogen) atoms. The van der Waals surface area contributed by atoms with Crippen molar-refractivity contribution in [3.63, 3.8) is 0 Å². The van der Waals surface area contributed by atoms with Gasteiger partial charge in [0, 0.05) is 12.6 Å². The van der Waals surface area contributed by atoms with Gasteiger partial charge in [-0.2, -0.15) is 5.10 Å². The smallest absolute Gasteiger partial charge is 0.339 e. The zero-order valence-electron chi connectivity index (χ0n) is 11.4. The fraction of sp³-hybridized carbons (Fsp3) is 0.333. The molecule has 0 aliphatic heterocycles. The van der Waals surface area contributed by atoms with Crippen molar-refractivity contribution in [1.29, 1.82) is 0 Å². The summed E-state index contributed by atoms with van der Waals surface area (Å²) >= 11 is 0. The van der Waals surface area contributed by atoms with E-state index in [1.165, 1.54) is 11.8 Å². The lowest BCUT2D eigenvalue weighted by Crippen LogP contribution is -2.01. The molecule has 0 spiro atoms. The molecule has 1 heterocycles. The van der Waals surface area contributed by atoms with Gasteiger partial charge in [0.05, 0.1) is 11.9 Å². The standard InChI is InChI=1S/C15H18N2O2/c1-10(2)8-11-4-6-12(7-5-11)14-13(15(18)19)9-16-17(14)3/h4-7,9-10H,8H2,1-3H3,(H,18,19). The number of hydrogen-bond acceptors (Lipinski definition) is 2. The van der Waals surface area contributed by atoms with Crippen molar-refractivity contribution in [3.8, 4) is 11.3 Å². The highest BCUT2D eigenvalue weighted by Crippen LogP contribution is 2.24. The second kappa shape index (κ2) is 5.26. The van der Waals surface area contributed by atoms with Crippen LogP contribution in [0.15, 0.2) is 30.5 Å². The lowest BCUT2D eigenvalue weighted by Gasteiger charge is -2.08. The predicted molar refractivity (Wildman–Crippen MR) is 74.1 cm³/mol. The van der Waals surface area contributed by atoms with Crippen LogP contribution in [0.25, 0.3) is 11.3 Å². The summed E-state index contributed by atoms with van der Waals surface area (Å²) in [5, 5.41) is 13.2. The SMILES string of the molecule is CC(C)Cc1ccc(-c2c(C(=O)O)cnn2C)cc1. The van der Waals surface area contributed by atoms with Gasteiger partial charge >= 0.3 is 5.97 Å². The van der Waals surface area contributed by atoms with Crippen molar-refractivity contribution in [3.05, 3.63) is 41.6 Å². The molecular formula is C15H18N2O2. The van der Waals surface area contributed by atoms with Gasteiger partial charge in [0.25, 0.3) is 0 Å². The van der Waals surface area contributed by atoms with Crippen LogP contribution in [0.3, 0.4) is 0 Å². The summed E-state index contributed by atoms with van der Waals surface area (Å²) in [6.07, 6.45) is 2.41. The number of nitrogens with zero attached hydrogens (tertiary/aromatic N) is 2. The van der Waals surface area contributed by atoms with Crippen LogP contribution >= 0.6 is 0 Å². The Kier molecular flexibility index (Phi) is 3.69. The molecule has 0 bridgehead atoms. The molecular weight excluding hydrogens is 240 g/mol. The number of aromatic nitrogens is 2. The molecule has 0 unspecified atom stereocenters. The number of carboxylic acids is 1. The van der Waals surface area contributed by atoms with Crippen molar-refractivity contribution in [2.75, 3.05) is 0 Å². The quantitative estimate of drug-likeness (QED) is 0.917. The molecule has 0 saturated heterocycles. The summed E-state index contributed by atoms with van der Waals surface area (Å²) in [4.78, 5) is 11.2. The number of carboxylic acid groups (broad SMARTS) is 1. The maximum absolute atomic E-state index is 11.2. The van der Waals surface area contributed by atoms with E-state index in [-0.39, 0.29) is 5.56 Å². The minimum absolute atomic E-state index is 0.235. The number of aryl methyl sites for hydroxylation is 1. The average Bonchev–Trinajstić information content (AvgIpc) is 2.71. The zero-order chi connectivity index (χ0) is 14.0. The van der Waals surface area contributed by atoms with E-state index in [2.05, 4.69) is 18.9 Å². The molecule has 2 aromatic rings. The Labute approximate surface area is 112 Å². The van der Waals surface area contributed by atoms with Gasteiger partial charge in [-0.15, -0.1) is 0 Å². The largest absolute Gasteiger partial charge is 0.478 e. The van der Waals surface area contributed by atoms with Crippen LogP contribution in [-0.4, -0.2) is 20.9 Å². The van der Waals surface area contributed by atoms with E-state index in [4.69, 9.17) is 5.11 Å². The van der Waals surface area contributed by atoms with Crippen molar-refractivity contribution < 1.29 is 9.90 Å². The van der Waals surface area contributed by atoms with E-state index in [1.54, 1.807) is 11.7 Å². The number of benzene rings is 1. The van der Waals surface area contributed by atoms with Crippen LogP contribution < -0.4 is 0 Å². The van der Waals surface area contributed by atoms with Crippen molar-refractivity contribution >= 4 is 5.97 Å². The van der Waals surface area contributed by atoms with Gasteiger partial charge in [-0.25, -0.2) is 4.79 Å². The fourth-order valence-electron chi connectivity index (χ4n) is 2.21. The number of carbonyl (C=O) groups is 1. The summed E-state index contributed by atoms with van der Waals surface area (Å²) in [5.41, 5.74) is 3.02. The lowest BCUT2D eigenvalue weighted by molar-refractivity contribution is 0.0697. The molecule has 0 atom stereocenters. The Morgan fingerprint density at radius 3 is 2.47 bits per heavy atom. The first-order chi connectivity index (χ1) is 8.99. The molecule has 0 saturated carbocycles. The van der Waals surface area contributed by atoms with Crippen molar-refractivity contribution in [1.82, 2.24) is 9.78 Å². The highest BCUT2D eigenvalue weighted by Gasteiger charge is 2.16. The predicted octanol–water partition coefficient (Wildman–Crippen LogP) is 2.98. The molecule has 0 fully saturated rings. The van der Waals surface area contributed by atoms with Gasteiger partial charge in [0.1, 0.15) is 5.56 Å². The van der Waals surface area contributed by atoms with Crippen molar-refractivity contribution in [2.24, 2.45) is 13.0 Å². The number of hydrogen-bond donors (Lipinski definition) is 1. The summed E-state index contributed by atoms with van der Waals surface area (Å²) in [7, 11) is 1.75. The second-order valence-electron chi connectivity index (χ2n) is 5.13.